The first-order valence-corrected chi connectivity index (χ1v) is 7.01. The lowest BCUT2D eigenvalue weighted by atomic mass is 9.95. The molecule has 0 aromatic carbocycles. The fourth-order valence-corrected chi connectivity index (χ4v) is 3.53. The van der Waals surface area contributed by atoms with Gasteiger partial charge in [0.25, 0.3) is 0 Å². The highest BCUT2D eigenvalue weighted by Gasteiger charge is 2.46. The van der Waals surface area contributed by atoms with Crippen LogP contribution in [0.5, 0.6) is 0 Å². The summed E-state index contributed by atoms with van der Waals surface area (Å²) < 4.78 is 5.80. The maximum atomic E-state index is 10.6. The van der Waals surface area contributed by atoms with Crippen LogP contribution in [0.1, 0.15) is 32.1 Å². The van der Waals surface area contributed by atoms with E-state index in [-0.39, 0.29) is 0 Å². The highest BCUT2D eigenvalue weighted by molar-refractivity contribution is 5.00. The Kier molecular flexibility index (Phi) is 3.15. The Bertz CT molecular complexity index is 283. The smallest absolute Gasteiger partial charge is 0.0923 e. The number of ether oxygens (including phenoxy) is 1. The molecule has 0 aromatic rings. The minimum Gasteiger partial charge on any atom is -0.387 e. The number of hydrogen-bond donors (Lipinski definition) is 2. The van der Waals surface area contributed by atoms with Gasteiger partial charge in [-0.1, -0.05) is 0 Å². The zero-order chi connectivity index (χ0) is 11.9. The van der Waals surface area contributed by atoms with Crippen LogP contribution in [-0.4, -0.2) is 54.0 Å². The summed E-state index contributed by atoms with van der Waals surface area (Å²) in [5.41, 5.74) is 5.15. The van der Waals surface area contributed by atoms with Crippen LogP contribution >= 0.6 is 0 Å². The molecule has 0 bridgehead atoms. The molecule has 2 saturated carbocycles. The van der Waals surface area contributed by atoms with Crippen LogP contribution in [0.3, 0.4) is 0 Å². The van der Waals surface area contributed by atoms with Crippen molar-refractivity contribution >= 4 is 0 Å². The maximum Gasteiger partial charge on any atom is 0.0923 e. The number of nitrogens with zero attached hydrogens (tertiary/aromatic N) is 1. The van der Waals surface area contributed by atoms with Crippen molar-refractivity contribution in [2.75, 3.05) is 26.2 Å². The van der Waals surface area contributed by atoms with E-state index in [1.165, 1.54) is 19.3 Å². The Morgan fingerprint density at radius 3 is 2.82 bits per heavy atom. The fraction of sp³-hybridized carbons (Fsp3) is 1.00. The summed E-state index contributed by atoms with van der Waals surface area (Å²) in [6.07, 6.45) is 6.36. The number of aliphatic hydroxyl groups is 1. The van der Waals surface area contributed by atoms with Crippen molar-refractivity contribution in [3.63, 3.8) is 0 Å². The summed E-state index contributed by atoms with van der Waals surface area (Å²) in [6, 6.07) is 0.528. The van der Waals surface area contributed by atoms with Gasteiger partial charge >= 0.3 is 0 Å². The second-order valence-corrected chi connectivity index (χ2v) is 5.96. The van der Waals surface area contributed by atoms with Crippen molar-refractivity contribution < 1.29 is 9.84 Å². The van der Waals surface area contributed by atoms with Crippen molar-refractivity contribution in [2.45, 2.75) is 49.9 Å². The molecule has 3 N–H and O–H groups in total. The number of nitrogens with two attached hydrogens (primary N) is 1. The number of morpholine rings is 1. The van der Waals surface area contributed by atoms with E-state index in [1.54, 1.807) is 0 Å². The summed E-state index contributed by atoms with van der Waals surface area (Å²) in [7, 11) is 0. The van der Waals surface area contributed by atoms with E-state index < -0.39 is 5.60 Å². The molecule has 1 saturated heterocycles. The van der Waals surface area contributed by atoms with Crippen LogP contribution in [0.25, 0.3) is 0 Å². The SMILES string of the molecule is NCC(O)(CN1CCOC2CCCC21)C1CC1. The van der Waals surface area contributed by atoms with Crippen LogP contribution in [0.2, 0.25) is 0 Å². The van der Waals surface area contributed by atoms with Gasteiger partial charge in [-0.3, -0.25) is 4.90 Å². The van der Waals surface area contributed by atoms with Gasteiger partial charge in [0.05, 0.1) is 18.3 Å². The Hall–Kier alpha value is -0.160. The molecular weight excluding hydrogens is 216 g/mol. The normalized spacial score (nSPS) is 37.8. The number of β-amino-alcohol motifs (C(OH)–C–C–N with tert-alkyl or cyclic N) is 1. The molecule has 3 fully saturated rings. The Labute approximate surface area is 103 Å². The van der Waals surface area contributed by atoms with Gasteiger partial charge in [-0.2, -0.15) is 0 Å². The highest BCUT2D eigenvalue weighted by atomic mass is 16.5. The van der Waals surface area contributed by atoms with Crippen molar-refractivity contribution in [1.82, 2.24) is 4.90 Å². The molecule has 4 nitrogen and oxygen atoms in total. The van der Waals surface area contributed by atoms with Crippen LogP contribution in [0.15, 0.2) is 0 Å². The molecule has 3 rings (SSSR count). The van der Waals surface area contributed by atoms with Gasteiger partial charge in [0.2, 0.25) is 0 Å². The van der Waals surface area contributed by atoms with Gasteiger partial charge < -0.3 is 15.6 Å². The monoisotopic (exact) mass is 240 g/mol. The predicted molar refractivity (Wildman–Crippen MR) is 65.7 cm³/mol. The van der Waals surface area contributed by atoms with Crippen molar-refractivity contribution in [2.24, 2.45) is 11.7 Å². The molecule has 0 amide bonds. The summed E-state index contributed by atoms with van der Waals surface area (Å²) in [5, 5.41) is 10.6. The second kappa shape index (κ2) is 4.50. The van der Waals surface area contributed by atoms with Crippen LogP contribution in [-0.2, 0) is 4.74 Å². The van der Waals surface area contributed by atoms with Crippen molar-refractivity contribution in [1.29, 1.82) is 0 Å². The van der Waals surface area contributed by atoms with Gasteiger partial charge in [0, 0.05) is 25.7 Å². The number of hydrogen-bond acceptors (Lipinski definition) is 4. The topological polar surface area (TPSA) is 58.7 Å². The quantitative estimate of drug-likeness (QED) is 0.744. The number of rotatable bonds is 4. The lowest BCUT2D eigenvalue weighted by Crippen LogP contribution is -2.57. The van der Waals surface area contributed by atoms with Crippen LogP contribution in [0.4, 0.5) is 0 Å². The van der Waals surface area contributed by atoms with Crippen molar-refractivity contribution in [3.8, 4) is 0 Å². The lowest BCUT2D eigenvalue weighted by molar-refractivity contribution is -0.0909. The minimum absolute atomic E-state index is 0.395. The first kappa shape index (κ1) is 11.9. The first-order chi connectivity index (χ1) is 8.23. The predicted octanol–water partition coefficient (Wildman–Crippen LogP) is 0.339. The van der Waals surface area contributed by atoms with Gasteiger partial charge in [-0.15, -0.1) is 0 Å². The van der Waals surface area contributed by atoms with Gasteiger partial charge in [-0.05, 0) is 38.0 Å². The third-order valence-electron chi connectivity index (χ3n) is 4.76. The summed E-state index contributed by atoms with van der Waals surface area (Å²) in [4.78, 5) is 2.44. The molecular formula is C13H24N2O2. The lowest BCUT2D eigenvalue weighted by Gasteiger charge is -2.42. The molecule has 3 aliphatic rings. The van der Waals surface area contributed by atoms with E-state index in [1.807, 2.05) is 0 Å². The molecule has 2 aliphatic carbocycles. The molecule has 3 atom stereocenters. The van der Waals surface area contributed by atoms with Gasteiger partial charge in [0.1, 0.15) is 0 Å². The van der Waals surface area contributed by atoms with Gasteiger partial charge in [-0.25, -0.2) is 0 Å². The minimum atomic E-state index is -0.648. The highest BCUT2D eigenvalue weighted by Crippen LogP contribution is 2.41. The molecule has 0 spiro atoms. The largest absolute Gasteiger partial charge is 0.387 e. The molecule has 1 aliphatic heterocycles. The molecule has 0 aromatic heterocycles. The van der Waals surface area contributed by atoms with E-state index in [9.17, 15) is 5.11 Å². The van der Waals surface area contributed by atoms with Crippen LogP contribution < -0.4 is 5.73 Å². The maximum absolute atomic E-state index is 10.6. The number of fused-ring (bicyclic) bond motifs is 1. The second-order valence-electron chi connectivity index (χ2n) is 5.96. The molecule has 4 heteroatoms. The zero-order valence-electron chi connectivity index (χ0n) is 10.5. The first-order valence-electron chi connectivity index (χ1n) is 7.01. The van der Waals surface area contributed by atoms with E-state index in [2.05, 4.69) is 4.90 Å². The van der Waals surface area contributed by atoms with E-state index in [0.717, 1.165) is 32.5 Å². The Balaban J connectivity index is 1.66. The molecule has 0 radical (unpaired) electrons. The van der Waals surface area contributed by atoms with Crippen molar-refractivity contribution in [3.05, 3.63) is 0 Å². The van der Waals surface area contributed by atoms with E-state index >= 15 is 0 Å². The van der Waals surface area contributed by atoms with E-state index in [0.29, 0.717) is 24.6 Å². The van der Waals surface area contributed by atoms with Crippen LogP contribution in [0, 0.1) is 5.92 Å². The Morgan fingerprint density at radius 1 is 1.29 bits per heavy atom. The zero-order valence-corrected chi connectivity index (χ0v) is 10.5. The molecule has 17 heavy (non-hydrogen) atoms. The summed E-state index contributed by atoms with van der Waals surface area (Å²) in [5.74, 6) is 0.440. The van der Waals surface area contributed by atoms with E-state index in [4.69, 9.17) is 10.5 Å². The fourth-order valence-electron chi connectivity index (χ4n) is 3.53. The molecule has 3 unspecified atom stereocenters. The summed E-state index contributed by atoms with van der Waals surface area (Å²) in [6.45, 7) is 2.91. The molecule has 98 valence electrons. The molecule has 1 heterocycles. The average molecular weight is 240 g/mol. The van der Waals surface area contributed by atoms with Gasteiger partial charge in [0.15, 0.2) is 0 Å². The third-order valence-corrected chi connectivity index (χ3v) is 4.76. The standard InChI is InChI=1S/C13H24N2O2/c14-8-13(16,10-4-5-10)9-15-6-7-17-12-3-1-2-11(12)15/h10-12,16H,1-9,14H2. The Morgan fingerprint density at radius 2 is 2.12 bits per heavy atom. The average Bonchev–Trinajstić information content (AvgIpc) is 3.09. The summed E-state index contributed by atoms with van der Waals surface area (Å²) >= 11 is 0. The third kappa shape index (κ3) is 2.24.